The Morgan fingerprint density at radius 1 is 1.37 bits per heavy atom. The van der Waals surface area contributed by atoms with E-state index in [1.807, 2.05) is 13.0 Å². The van der Waals surface area contributed by atoms with E-state index < -0.39 is 5.97 Å². The lowest BCUT2D eigenvalue weighted by atomic mass is 10.1. The van der Waals surface area contributed by atoms with E-state index >= 15 is 0 Å². The minimum atomic E-state index is -0.963. The van der Waals surface area contributed by atoms with Crippen molar-refractivity contribution in [3.05, 3.63) is 35.2 Å². The van der Waals surface area contributed by atoms with Gasteiger partial charge in [-0.2, -0.15) is 0 Å². The van der Waals surface area contributed by atoms with E-state index in [1.54, 1.807) is 6.08 Å². The number of carboxylic acid groups (broad SMARTS) is 1. The molecule has 0 aliphatic heterocycles. The number of imidazole rings is 1. The molecule has 2 aromatic rings. The number of carboxylic acids is 1. The first-order valence-corrected chi connectivity index (χ1v) is 6.31. The SMILES string of the molecule is Cc1ccc2c(nc(/C=C/C(=O)O)n2C(C)C)c1C. The van der Waals surface area contributed by atoms with Gasteiger partial charge in [0.15, 0.2) is 0 Å². The van der Waals surface area contributed by atoms with Gasteiger partial charge in [0.05, 0.1) is 11.0 Å². The van der Waals surface area contributed by atoms with Gasteiger partial charge in [-0.15, -0.1) is 0 Å². The summed E-state index contributed by atoms with van der Waals surface area (Å²) in [6.07, 6.45) is 2.68. The van der Waals surface area contributed by atoms with Gasteiger partial charge in [-0.3, -0.25) is 0 Å². The van der Waals surface area contributed by atoms with Crippen molar-refractivity contribution >= 4 is 23.1 Å². The summed E-state index contributed by atoms with van der Waals surface area (Å²) < 4.78 is 2.06. The zero-order chi connectivity index (χ0) is 14.2. The second kappa shape index (κ2) is 4.88. The molecule has 0 radical (unpaired) electrons. The monoisotopic (exact) mass is 258 g/mol. The lowest BCUT2D eigenvalue weighted by Gasteiger charge is -2.11. The molecule has 0 aliphatic carbocycles. The number of aryl methyl sites for hydroxylation is 2. The van der Waals surface area contributed by atoms with Gasteiger partial charge in [0.2, 0.25) is 0 Å². The fourth-order valence-electron chi connectivity index (χ4n) is 2.22. The van der Waals surface area contributed by atoms with E-state index in [2.05, 4.69) is 36.4 Å². The molecule has 4 nitrogen and oxygen atoms in total. The average Bonchev–Trinajstić information content (AvgIpc) is 2.70. The highest BCUT2D eigenvalue weighted by molar-refractivity contribution is 5.87. The number of aliphatic carboxylic acids is 1. The molecule has 0 amide bonds. The molecule has 0 saturated carbocycles. The second-order valence-corrected chi connectivity index (χ2v) is 4.98. The van der Waals surface area contributed by atoms with Crippen LogP contribution < -0.4 is 0 Å². The molecule has 1 aromatic carbocycles. The van der Waals surface area contributed by atoms with Crippen LogP contribution in [0.3, 0.4) is 0 Å². The van der Waals surface area contributed by atoms with Gasteiger partial charge in [0, 0.05) is 12.1 Å². The van der Waals surface area contributed by atoms with Crippen molar-refractivity contribution in [2.24, 2.45) is 0 Å². The Balaban J connectivity index is 2.73. The highest BCUT2D eigenvalue weighted by Gasteiger charge is 2.13. The lowest BCUT2D eigenvalue weighted by molar-refractivity contribution is -0.131. The van der Waals surface area contributed by atoms with Crippen molar-refractivity contribution in [1.82, 2.24) is 9.55 Å². The molecule has 0 bridgehead atoms. The van der Waals surface area contributed by atoms with Crippen molar-refractivity contribution < 1.29 is 9.90 Å². The maximum absolute atomic E-state index is 10.7. The summed E-state index contributed by atoms with van der Waals surface area (Å²) in [6.45, 7) is 8.22. The first-order valence-electron chi connectivity index (χ1n) is 6.31. The number of benzene rings is 1. The molecular formula is C15H18N2O2. The van der Waals surface area contributed by atoms with Crippen molar-refractivity contribution in [3.63, 3.8) is 0 Å². The molecule has 100 valence electrons. The molecule has 0 saturated heterocycles. The van der Waals surface area contributed by atoms with E-state index in [1.165, 1.54) is 5.56 Å². The van der Waals surface area contributed by atoms with Crippen LogP contribution in [-0.4, -0.2) is 20.6 Å². The number of nitrogens with zero attached hydrogens (tertiary/aromatic N) is 2. The maximum atomic E-state index is 10.7. The van der Waals surface area contributed by atoms with Crippen molar-refractivity contribution in [2.45, 2.75) is 33.7 Å². The van der Waals surface area contributed by atoms with Crippen molar-refractivity contribution in [3.8, 4) is 0 Å². The van der Waals surface area contributed by atoms with Gasteiger partial charge in [-0.05, 0) is 51.0 Å². The zero-order valence-corrected chi connectivity index (χ0v) is 11.6. The topological polar surface area (TPSA) is 55.1 Å². The standard InChI is InChI=1S/C15H18N2O2/c1-9(2)17-12-6-5-10(3)11(4)15(12)16-13(17)7-8-14(18)19/h5-9H,1-4H3,(H,18,19)/b8-7+. The zero-order valence-electron chi connectivity index (χ0n) is 11.6. The summed E-state index contributed by atoms with van der Waals surface area (Å²) in [6, 6.07) is 4.34. The Kier molecular flexibility index (Phi) is 3.42. The molecule has 19 heavy (non-hydrogen) atoms. The van der Waals surface area contributed by atoms with Crippen LogP contribution in [0.1, 0.15) is 36.8 Å². The molecule has 1 heterocycles. The van der Waals surface area contributed by atoms with Crippen molar-refractivity contribution in [1.29, 1.82) is 0 Å². The number of hydrogen-bond acceptors (Lipinski definition) is 2. The van der Waals surface area contributed by atoms with Crippen LogP contribution in [0.25, 0.3) is 17.1 Å². The molecule has 1 N–H and O–H groups in total. The number of fused-ring (bicyclic) bond motifs is 1. The van der Waals surface area contributed by atoms with Gasteiger partial charge in [-0.1, -0.05) is 6.07 Å². The van der Waals surface area contributed by atoms with Gasteiger partial charge >= 0.3 is 5.97 Å². The van der Waals surface area contributed by atoms with Crippen LogP contribution in [0.5, 0.6) is 0 Å². The van der Waals surface area contributed by atoms with Crippen LogP contribution >= 0.6 is 0 Å². The summed E-state index contributed by atoms with van der Waals surface area (Å²) >= 11 is 0. The third kappa shape index (κ3) is 2.38. The molecule has 4 heteroatoms. The predicted octanol–water partition coefficient (Wildman–Crippen LogP) is 3.33. The molecular weight excluding hydrogens is 240 g/mol. The molecule has 0 fully saturated rings. The summed E-state index contributed by atoms with van der Waals surface area (Å²) in [7, 11) is 0. The molecule has 0 spiro atoms. The molecule has 0 aliphatic rings. The minimum absolute atomic E-state index is 0.223. The number of aromatic nitrogens is 2. The van der Waals surface area contributed by atoms with Crippen LogP contribution in [0, 0.1) is 13.8 Å². The Labute approximate surface area is 112 Å². The fourth-order valence-corrected chi connectivity index (χ4v) is 2.22. The van der Waals surface area contributed by atoms with E-state index in [-0.39, 0.29) is 6.04 Å². The van der Waals surface area contributed by atoms with Crippen molar-refractivity contribution in [2.75, 3.05) is 0 Å². The first kappa shape index (κ1) is 13.3. The van der Waals surface area contributed by atoms with Gasteiger partial charge in [-0.25, -0.2) is 9.78 Å². The largest absolute Gasteiger partial charge is 0.478 e. The Morgan fingerprint density at radius 2 is 2.05 bits per heavy atom. The van der Waals surface area contributed by atoms with Gasteiger partial charge in [0.1, 0.15) is 5.82 Å². The number of hydrogen-bond donors (Lipinski definition) is 1. The van der Waals surface area contributed by atoms with Crippen LogP contribution in [0.15, 0.2) is 18.2 Å². The van der Waals surface area contributed by atoms with Crippen LogP contribution in [-0.2, 0) is 4.79 Å². The normalized spacial score (nSPS) is 11.8. The quantitative estimate of drug-likeness (QED) is 0.859. The maximum Gasteiger partial charge on any atom is 0.328 e. The lowest BCUT2D eigenvalue weighted by Crippen LogP contribution is -2.03. The van der Waals surface area contributed by atoms with E-state index in [4.69, 9.17) is 5.11 Å². The fraction of sp³-hybridized carbons (Fsp3) is 0.333. The number of rotatable bonds is 3. The van der Waals surface area contributed by atoms with Gasteiger partial charge in [0.25, 0.3) is 0 Å². The van der Waals surface area contributed by atoms with Crippen LogP contribution in [0.4, 0.5) is 0 Å². The van der Waals surface area contributed by atoms with E-state index in [0.29, 0.717) is 5.82 Å². The highest BCUT2D eigenvalue weighted by Crippen LogP contribution is 2.26. The van der Waals surface area contributed by atoms with E-state index in [9.17, 15) is 4.79 Å². The molecule has 2 rings (SSSR count). The Hall–Kier alpha value is -2.10. The van der Waals surface area contributed by atoms with Crippen LogP contribution in [0.2, 0.25) is 0 Å². The third-order valence-corrected chi connectivity index (χ3v) is 3.30. The Morgan fingerprint density at radius 3 is 2.63 bits per heavy atom. The molecule has 0 atom stereocenters. The smallest absolute Gasteiger partial charge is 0.328 e. The Bertz CT molecular complexity index is 666. The summed E-state index contributed by atoms with van der Waals surface area (Å²) in [5.41, 5.74) is 4.32. The third-order valence-electron chi connectivity index (χ3n) is 3.30. The number of carbonyl (C=O) groups is 1. The second-order valence-electron chi connectivity index (χ2n) is 4.98. The highest BCUT2D eigenvalue weighted by atomic mass is 16.4. The first-order chi connectivity index (χ1) is 8.91. The van der Waals surface area contributed by atoms with Gasteiger partial charge < -0.3 is 9.67 Å². The average molecular weight is 258 g/mol. The summed E-state index contributed by atoms with van der Waals surface area (Å²) in [5, 5.41) is 8.75. The molecule has 0 unspecified atom stereocenters. The van der Waals surface area contributed by atoms with E-state index in [0.717, 1.165) is 22.7 Å². The molecule has 1 aromatic heterocycles. The summed E-state index contributed by atoms with van der Waals surface area (Å²) in [4.78, 5) is 15.2. The predicted molar refractivity (Wildman–Crippen MR) is 76.3 cm³/mol. The minimum Gasteiger partial charge on any atom is -0.478 e. The summed E-state index contributed by atoms with van der Waals surface area (Å²) in [5.74, 6) is -0.281.